The minimum Gasteiger partial charge on any atom is -0.383 e. The Hall–Kier alpha value is -2.38. The Labute approximate surface area is 150 Å². The zero-order valence-electron chi connectivity index (χ0n) is 13.7. The van der Waals surface area contributed by atoms with E-state index in [9.17, 15) is 0 Å². The van der Waals surface area contributed by atoms with Crippen molar-refractivity contribution in [3.8, 4) is 11.4 Å². The van der Waals surface area contributed by atoms with Crippen LogP contribution in [0, 0.1) is 5.92 Å². The second-order valence-electron chi connectivity index (χ2n) is 6.40. The van der Waals surface area contributed by atoms with Gasteiger partial charge in [0.1, 0.15) is 11.2 Å². The van der Waals surface area contributed by atoms with Crippen LogP contribution in [0.15, 0.2) is 24.3 Å². The molecule has 1 saturated heterocycles. The monoisotopic (exact) mass is 357 g/mol. The van der Waals surface area contributed by atoms with E-state index in [0.29, 0.717) is 39.4 Å². The highest BCUT2D eigenvalue weighted by atomic mass is 35.5. The normalized spacial score (nSPS) is 15.7. The Kier molecular flexibility index (Phi) is 4.19. The molecule has 1 aliphatic heterocycles. The van der Waals surface area contributed by atoms with Gasteiger partial charge in [0, 0.05) is 17.1 Å². The average Bonchev–Trinajstić information content (AvgIpc) is 2.92. The summed E-state index contributed by atoms with van der Waals surface area (Å²) in [7, 11) is 0. The molecule has 4 rings (SSSR count). The van der Waals surface area contributed by atoms with Crippen LogP contribution < -0.4 is 16.8 Å². The van der Waals surface area contributed by atoms with Crippen LogP contribution in [0.5, 0.6) is 0 Å². The van der Waals surface area contributed by atoms with Crippen LogP contribution in [-0.2, 0) is 6.54 Å². The van der Waals surface area contributed by atoms with Crippen molar-refractivity contribution in [2.75, 3.05) is 24.6 Å². The van der Waals surface area contributed by atoms with Gasteiger partial charge in [0.2, 0.25) is 0 Å². The Morgan fingerprint density at radius 2 is 1.96 bits per heavy atom. The number of hydrogen-bond acceptors (Lipinski definition) is 6. The number of nitrogen functional groups attached to an aromatic ring is 2. The summed E-state index contributed by atoms with van der Waals surface area (Å²) in [6.45, 7) is 2.84. The van der Waals surface area contributed by atoms with Crippen molar-refractivity contribution in [1.29, 1.82) is 0 Å². The highest BCUT2D eigenvalue weighted by molar-refractivity contribution is 6.30. The first-order valence-electron chi connectivity index (χ1n) is 8.38. The highest BCUT2D eigenvalue weighted by Crippen LogP contribution is 2.29. The van der Waals surface area contributed by atoms with Crippen molar-refractivity contribution in [3.05, 3.63) is 29.3 Å². The number of piperidine rings is 1. The molecule has 2 aromatic heterocycles. The van der Waals surface area contributed by atoms with Crippen molar-refractivity contribution in [2.45, 2.75) is 19.4 Å². The third-order valence-corrected chi connectivity index (χ3v) is 4.85. The lowest BCUT2D eigenvalue weighted by Gasteiger charge is -2.22. The summed E-state index contributed by atoms with van der Waals surface area (Å²) in [5, 5.41) is 9.09. The van der Waals surface area contributed by atoms with Crippen LogP contribution >= 0.6 is 11.6 Å². The first-order chi connectivity index (χ1) is 12.1. The van der Waals surface area contributed by atoms with Crippen molar-refractivity contribution >= 4 is 34.3 Å². The maximum absolute atomic E-state index is 6.15. The molecule has 3 heterocycles. The summed E-state index contributed by atoms with van der Waals surface area (Å²) < 4.78 is 1.87. The number of halogens is 1. The van der Waals surface area contributed by atoms with E-state index in [0.717, 1.165) is 38.0 Å². The fourth-order valence-corrected chi connectivity index (χ4v) is 3.51. The Morgan fingerprint density at radius 3 is 2.72 bits per heavy atom. The van der Waals surface area contributed by atoms with E-state index in [1.807, 2.05) is 28.9 Å². The molecule has 0 atom stereocenters. The number of nitrogens with one attached hydrogen (secondary N) is 1. The summed E-state index contributed by atoms with van der Waals surface area (Å²) in [5.74, 6) is 1.79. The summed E-state index contributed by atoms with van der Waals surface area (Å²) in [4.78, 5) is 9.09. The number of nitrogens with zero attached hydrogens (tertiary/aromatic N) is 4. The molecule has 0 unspecified atom stereocenters. The molecule has 0 spiro atoms. The van der Waals surface area contributed by atoms with Gasteiger partial charge in [0.05, 0.1) is 0 Å². The van der Waals surface area contributed by atoms with E-state index in [1.165, 1.54) is 0 Å². The lowest BCUT2D eigenvalue weighted by Crippen LogP contribution is -2.30. The van der Waals surface area contributed by atoms with Gasteiger partial charge in [-0.15, -0.1) is 0 Å². The number of fused-ring (bicyclic) bond motifs is 1. The smallest absolute Gasteiger partial charge is 0.166 e. The van der Waals surface area contributed by atoms with Gasteiger partial charge in [-0.2, -0.15) is 5.10 Å². The quantitative estimate of drug-likeness (QED) is 0.663. The van der Waals surface area contributed by atoms with Crippen LogP contribution in [0.25, 0.3) is 22.4 Å². The molecule has 8 heteroatoms. The SMILES string of the molecule is Nc1nc(-c2cccc(Cl)c2)nc2c1c(N)nn2CC1CCNCC1. The third-order valence-electron chi connectivity index (χ3n) is 4.62. The number of hydrogen-bond donors (Lipinski definition) is 3. The second-order valence-corrected chi connectivity index (χ2v) is 6.84. The van der Waals surface area contributed by atoms with Gasteiger partial charge < -0.3 is 16.8 Å². The number of anilines is 2. The van der Waals surface area contributed by atoms with Gasteiger partial charge in [0.25, 0.3) is 0 Å². The number of aromatic nitrogens is 4. The zero-order valence-corrected chi connectivity index (χ0v) is 14.5. The molecule has 130 valence electrons. The minimum absolute atomic E-state index is 0.342. The van der Waals surface area contributed by atoms with E-state index in [4.69, 9.17) is 23.1 Å². The summed E-state index contributed by atoms with van der Waals surface area (Å²) in [5.41, 5.74) is 13.7. The van der Waals surface area contributed by atoms with Crippen LogP contribution in [0.2, 0.25) is 5.02 Å². The lowest BCUT2D eigenvalue weighted by atomic mass is 9.98. The van der Waals surface area contributed by atoms with Crippen molar-refractivity contribution in [1.82, 2.24) is 25.1 Å². The van der Waals surface area contributed by atoms with Gasteiger partial charge in [-0.3, -0.25) is 0 Å². The van der Waals surface area contributed by atoms with E-state index in [1.54, 1.807) is 0 Å². The van der Waals surface area contributed by atoms with Gasteiger partial charge in [-0.1, -0.05) is 23.7 Å². The van der Waals surface area contributed by atoms with E-state index >= 15 is 0 Å². The molecule has 25 heavy (non-hydrogen) atoms. The first kappa shape index (κ1) is 16.1. The summed E-state index contributed by atoms with van der Waals surface area (Å²) in [6, 6.07) is 7.40. The van der Waals surface area contributed by atoms with E-state index < -0.39 is 0 Å². The molecule has 0 bridgehead atoms. The van der Waals surface area contributed by atoms with Crippen molar-refractivity contribution < 1.29 is 0 Å². The Bertz CT molecular complexity index is 915. The average molecular weight is 358 g/mol. The maximum Gasteiger partial charge on any atom is 0.166 e. The summed E-state index contributed by atoms with van der Waals surface area (Å²) >= 11 is 6.09. The van der Waals surface area contributed by atoms with E-state index in [2.05, 4.69) is 20.4 Å². The molecule has 1 aromatic carbocycles. The topological polar surface area (TPSA) is 108 Å². The van der Waals surface area contributed by atoms with Crippen LogP contribution in [0.1, 0.15) is 12.8 Å². The van der Waals surface area contributed by atoms with Crippen LogP contribution in [-0.4, -0.2) is 32.8 Å². The lowest BCUT2D eigenvalue weighted by molar-refractivity contribution is 0.325. The van der Waals surface area contributed by atoms with E-state index in [-0.39, 0.29) is 0 Å². The van der Waals surface area contributed by atoms with Crippen molar-refractivity contribution in [2.24, 2.45) is 5.92 Å². The zero-order chi connectivity index (χ0) is 17.4. The van der Waals surface area contributed by atoms with Gasteiger partial charge in [-0.25, -0.2) is 14.6 Å². The van der Waals surface area contributed by atoms with Crippen LogP contribution in [0.3, 0.4) is 0 Å². The predicted molar refractivity (Wildman–Crippen MR) is 100 cm³/mol. The summed E-state index contributed by atoms with van der Waals surface area (Å²) in [6.07, 6.45) is 2.23. The Morgan fingerprint density at radius 1 is 1.16 bits per heavy atom. The number of rotatable bonds is 3. The van der Waals surface area contributed by atoms with Gasteiger partial charge in [0.15, 0.2) is 17.3 Å². The molecule has 1 aliphatic rings. The Balaban J connectivity index is 1.79. The third kappa shape index (κ3) is 3.12. The van der Waals surface area contributed by atoms with Gasteiger partial charge >= 0.3 is 0 Å². The maximum atomic E-state index is 6.15. The predicted octanol–water partition coefficient (Wildman–Crippen LogP) is 2.31. The largest absolute Gasteiger partial charge is 0.383 e. The minimum atomic E-state index is 0.342. The van der Waals surface area contributed by atoms with Crippen LogP contribution in [0.4, 0.5) is 11.6 Å². The molecular weight excluding hydrogens is 338 g/mol. The molecule has 5 N–H and O–H groups in total. The molecule has 0 amide bonds. The molecule has 1 fully saturated rings. The molecule has 0 aliphatic carbocycles. The number of benzene rings is 1. The molecular formula is C17H20ClN7. The van der Waals surface area contributed by atoms with Gasteiger partial charge in [-0.05, 0) is 44.0 Å². The van der Waals surface area contributed by atoms with Crippen molar-refractivity contribution in [3.63, 3.8) is 0 Å². The molecule has 0 saturated carbocycles. The number of nitrogens with two attached hydrogens (primary N) is 2. The second kappa shape index (κ2) is 6.50. The highest BCUT2D eigenvalue weighted by Gasteiger charge is 2.20. The molecule has 3 aromatic rings. The first-order valence-corrected chi connectivity index (χ1v) is 8.76. The fraction of sp³-hybridized carbons (Fsp3) is 0.353. The molecule has 7 nitrogen and oxygen atoms in total. The fourth-order valence-electron chi connectivity index (χ4n) is 3.32. The molecule has 0 radical (unpaired) electrons. The standard InChI is InChI=1S/C17H20ClN7/c18-12-3-1-2-11(8-12)16-22-14(19)13-15(20)24-25(17(13)23-16)9-10-4-6-21-7-5-10/h1-3,8,10,21H,4-7,9H2,(H2,20,24)(H2,19,22,23).